The highest BCUT2D eigenvalue weighted by Crippen LogP contribution is 2.70. The van der Waals surface area contributed by atoms with Gasteiger partial charge in [-0.25, -0.2) is 8.42 Å². The zero-order valence-corrected chi connectivity index (χ0v) is 18.0. The summed E-state index contributed by atoms with van der Waals surface area (Å²) in [7, 11) is -6.45. The first-order valence-electron chi connectivity index (χ1n) is 9.62. The standard InChI is InChI=1S/C20H25P.CHF3O3S/c1-2-3-16-21-19(17-10-6-4-7-11-17)14-15-20(21)18-12-8-5-9-13-18;2-1(3,4)8(5,6)7/h4-13,19-20H,2-3,14-16H2,1H3;(H,5,6,7)/t19-,20-;/m0./s1. The molecule has 0 aliphatic carbocycles. The van der Waals surface area contributed by atoms with Crippen molar-refractivity contribution < 1.29 is 26.1 Å². The van der Waals surface area contributed by atoms with Crippen LogP contribution in [-0.2, 0) is 10.1 Å². The van der Waals surface area contributed by atoms with Gasteiger partial charge in [0.1, 0.15) is 0 Å². The van der Waals surface area contributed by atoms with Gasteiger partial charge in [0.15, 0.2) is 10.1 Å². The summed E-state index contributed by atoms with van der Waals surface area (Å²) in [6, 6.07) is 22.6. The van der Waals surface area contributed by atoms with Gasteiger partial charge < -0.3 is 4.55 Å². The van der Waals surface area contributed by atoms with Crippen LogP contribution in [0.1, 0.15) is 55.1 Å². The van der Waals surface area contributed by atoms with E-state index in [-0.39, 0.29) is 7.92 Å². The number of benzene rings is 2. The molecular weight excluding hydrogens is 420 g/mol. The lowest BCUT2D eigenvalue weighted by Crippen LogP contribution is -2.21. The van der Waals surface area contributed by atoms with E-state index in [0.717, 1.165) is 11.3 Å². The average molecular weight is 446 g/mol. The first-order valence-corrected chi connectivity index (χ1v) is 12.9. The van der Waals surface area contributed by atoms with Gasteiger partial charge in [-0.15, -0.1) is 0 Å². The number of unbranched alkanes of at least 4 members (excludes halogenated alkanes) is 1. The summed E-state index contributed by atoms with van der Waals surface area (Å²) in [5.41, 5.74) is -0.741. The maximum absolute atomic E-state index is 10.7. The smallest absolute Gasteiger partial charge is 0.485 e. The highest BCUT2D eigenvalue weighted by molar-refractivity contribution is 7.86. The van der Waals surface area contributed by atoms with Crippen molar-refractivity contribution in [3.05, 3.63) is 71.8 Å². The van der Waals surface area contributed by atoms with Crippen LogP contribution >= 0.6 is 7.92 Å². The van der Waals surface area contributed by atoms with E-state index in [9.17, 15) is 13.2 Å². The summed E-state index contributed by atoms with van der Waals surface area (Å²) in [5.74, 6) is 0. The number of hydrogen-bond acceptors (Lipinski definition) is 3. The highest BCUT2D eigenvalue weighted by Gasteiger charge is 2.43. The molecule has 1 fully saturated rings. The number of alkyl halides is 3. The fraction of sp³-hybridized carbons (Fsp3) is 0.429. The van der Waals surface area contributed by atoms with Crippen LogP contribution in [0.2, 0.25) is 0 Å². The van der Waals surface area contributed by atoms with Crippen LogP contribution in [0.4, 0.5) is 13.2 Å². The molecule has 2 atom stereocenters. The molecule has 2 aromatic carbocycles. The Morgan fingerprint density at radius 1 is 0.931 bits per heavy atom. The van der Waals surface area contributed by atoms with Crippen LogP contribution in [0, 0.1) is 0 Å². The summed E-state index contributed by atoms with van der Waals surface area (Å²) in [6.07, 6.45) is 6.99. The number of hydrogen-bond donors (Lipinski definition) is 0. The molecule has 8 heteroatoms. The first-order chi connectivity index (χ1) is 13.6. The zero-order valence-electron chi connectivity index (χ0n) is 16.2. The normalized spacial score (nSPS) is 20.2. The van der Waals surface area contributed by atoms with Gasteiger partial charge in [0, 0.05) is 7.92 Å². The maximum atomic E-state index is 10.7. The molecule has 0 spiro atoms. The molecule has 3 rings (SSSR count). The van der Waals surface area contributed by atoms with Crippen molar-refractivity contribution in [2.75, 3.05) is 6.16 Å². The van der Waals surface area contributed by atoms with Crippen molar-refractivity contribution in [2.24, 2.45) is 0 Å². The van der Waals surface area contributed by atoms with Gasteiger partial charge in [0.05, 0.1) is 17.5 Å². The molecular formula is C21H26F3O3PS. The van der Waals surface area contributed by atoms with E-state index in [2.05, 4.69) is 67.6 Å². The Bertz CT molecular complexity index is 795. The summed E-state index contributed by atoms with van der Waals surface area (Å²) < 4.78 is 58.9. The lowest BCUT2D eigenvalue weighted by Gasteiger charge is -2.19. The molecule has 29 heavy (non-hydrogen) atoms. The molecule has 0 saturated carbocycles. The van der Waals surface area contributed by atoms with Crippen LogP contribution in [-0.4, -0.2) is 24.6 Å². The van der Waals surface area contributed by atoms with Gasteiger partial charge in [-0.05, 0) is 30.4 Å². The third kappa shape index (κ3) is 6.80. The summed E-state index contributed by atoms with van der Waals surface area (Å²) in [5, 5.41) is 0. The SMILES string of the molecule is CCCC[PH+]1[C@H](c2ccccc2)CC[C@H]1c1ccccc1.O=S(=O)([O-])C(F)(F)F. The Kier molecular flexibility index (Phi) is 8.68. The summed E-state index contributed by atoms with van der Waals surface area (Å²) in [4.78, 5) is 0. The zero-order chi connectivity index (χ0) is 21.5. The molecule has 1 saturated heterocycles. The first kappa shape index (κ1) is 23.8. The third-order valence-electron chi connectivity index (χ3n) is 5.15. The maximum Gasteiger partial charge on any atom is 0.485 e. The largest absolute Gasteiger partial charge is 0.741 e. The Morgan fingerprint density at radius 2 is 1.31 bits per heavy atom. The van der Waals surface area contributed by atoms with Gasteiger partial charge in [0.25, 0.3) is 0 Å². The quantitative estimate of drug-likeness (QED) is 0.306. The fourth-order valence-electron chi connectivity index (χ4n) is 3.81. The Hall–Kier alpha value is -1.43. The van der Waals surface area contributed by atoms with E-state index >= 15 is 0 Å². The second kappa shape index (κ2) is 10.6. The van der Waals surface area contributed by atoms with Crippen LogP contribution < -0.4 is 0 Å². The fourth-order valence-corrected chi connectivity index (χ4v) is 8.07. The third-order valence-corrected chi connectivity index (χ3v) is 9.68. The van der Waals surface area contributed by atoms with E-state index < -0.39 is 15.6 Å². The van der Waals surface area contributed by atoms with E-state index in [1.165, 1.54) is 31.8 Å². The Balaban J connectivity index is 0.000000321. The molecule has 0 unspecified atom stereocenters. The Labute approximate surface area is 171 Å². The molecule has 160 valence electrons. The molecule has 0 aromatic heterocycles. The average Bonchev–Trinajstić information content (AvgIpc) is 3.10. The highest BCUT2D eigenvalue weighted by atomic mass is 32.2. The van der Waals surface area contributed by atoms with Crippen molar-refractivity contribution in [1.29, 1.82) is 0 Å². The molecule has 0 radical (unpaired) electrons. The monoisotopic (exact) mass is 446 g/mol. The summed E-state index contributed by atoms with van der Waals surface area (Å²) in [6.45, 7) is 2.33. The van der Waals surface area contributed by atoms with Crippen molar-refractivity contribution in [3.8, 4) is 0 Å². The minimum atomic E-state index is -6.09. The summed E-state index contributed by atoms with van der Waals surface area (Å²) >= 11 is 0. The van der Waals surface area contributed by atoms with E-state index in [0.29, 0.717) is 0 Å². The van der Waals surface area contributed by atoms with Crippen LogP contribution in [0.5, 0.6) is 0 Å². The molecule has 2 aromatic rings. The second-order valence-electron chi connectivity index (χ2n) is 7.08. The van der Waals surface area contributed by atoms with Gasteiger partial charge >= 0.3 is 5.51 Å². The topological polar surface area (TPSA) is 57.2 Å². The number of rotatable bonds is 5. The van der Waals surface area contributed by atoms with Crippen molar-refractivity contribution >= 4 is 18.0 Å². The van der Waals surface area contributed by atoms with Crippen molar-refractivity contribution in [1.82, 2.24) is 0 Å². The lowest BCUT2D eigenvalue weighted by molar-refractivity contribution is -0.0517. The van der Waals surface area contributed by atoms with Gasteiger partial charge in [-0.2, -0.15) is 13.2 Å². The molecule has 1 aliphatic heterocycles. The van der Waals surface area contributed by atoms with E-state index in [1.54, 1.807) is 11.1 Å². The Morgan fingerprint density at radius 3 is 1.62 bits per heavy atom. The minimum absolute atomic E-state index is 0.356. The number of halogens is 3. The van der Waals surface area contributed by atoms with Crippen LogP contribution in [0.3, 0.4) is 0 Å². The van der Waals surface area contributed by atoms with E-state index in [1.807, 2.05) is 0 Å². The van der Waals surface area contributed by atoms with Gasteiger partial charge in [-0.1, -0.05) is 74.0 Å². The predicted molar refractivity (Wildman–Crippen MR) is 111 cm³/mol. The van der Waals surface area contributed by atoms with Gasteiger partial charge in [0.2, 0.25) is 0 Å². The van der Waals surface area contributed by atoms with E-state index in [4.69, 9.17) is 13.0 Å². The molecule has 3 nitrogen and oxygen atoms in total. The van der Waals surface area contributed by atoms with Crippen molar-refractivity contribution in [3.63, 3.8) is 0 Å². The van der Waals surface area contributed by atoms with Crippen LogP contribution in [0.25, 0.3) is 0 Å². The minimum Gasteiger partial charge on any atom is -0.741 e. The predicted octanol–water partition coefficient (Wildman–Crippen LogP) is 6.33. The van der Waals surface area contributed by atoms with Crippen molar-refractivity contribution in [2.45, 2.75) is 49.4 Å². The van der Waals surface area contributed by atoms with Crippen LogP contribution in [0.15, 0.2) is 60.7 Å². The second-order valence-corrected chi connectivity index (χ2v) is 11.5. The van der Waals surface area contributed by atoms with Gasteiger partial charge in [-0.3, -0.25) is 0 Å². The molecule has 0 bridgehead atoms. The molecule has 0 amide bonds. The molecule has 1 heterocycles. The molecule has 1 aliphatic rings. The molecule has 0 N–H and O–H groups in total. The lowest BCUT2D eigenvalue weighted by atomic mass is 10.0.